The van der Waals surface area contributed by atoms with E-state index in [0.717, 1.165) is 24.5 Å². The summed E-state index contributed by atoms with van der Waals surface area (Å²) in [6.45, 7) is 2.87. The molecule has 0 N–H and O–H groups in total. The van der Waals surface area contributed by atoms with Gasteiger partial charge in [0.25, 0.3) is 0 Å². The standard InChI is InChI=1S/C13H14ClOS2/c1-2-7-15-13-12(11-4-3-8-16-11)10(5-6-14)9-17-13/h3-4,8H,2,5-7H2,1H3. The van der Waals surface area contributed by atoms with Gasteiger partial charge in [0.1, 0.15) is 0 Å². The van der Waals surface area contributed by atoms with Crippen molar-refractivity contribution in [1.82, 2.24) is 0 Å². The molecule has 0 fully saturated rings. The van der Waals surface area contributed by atoms with Crippen LogP contribution in [0.1, 0.15) is 18.9 Å². The van der Waals surface area contributed by atoms with Crippen molar-refractivity contribution in [2.75, 3.05) is 12.5 Å². The summed E-state index contributed by atoms with van der Waals surface area (Å²) in [7, 11) is 0. The van der Waals surface area contributed by atoms with E-state index >= 15 is 0 Å². The van der Waals surface area contributed by atoms with Crippen LogP contribution in [0.5, 0.6) is 5.06 Å². The van der Waals surface area contributed by atoms with Crippen molar-refractivity contribution < 1.29 is 4.74 Å². The van der Waals surface area contributed by atoms with E-state index in [0.29, 0.717) is 5.88 Å². The molecule has 0 aliphatic rings. The summed E-state index contributed by atoms with van der Waals surface area (Å²) in [4.78, 5) is 1.24. The zero-order valence-corrected chi connectivity index (χ0v) is 12.1. The second-order valence-electron chi connectivity index (χ2n) is 3.61. The number of halogens is 1. The molecule has 0 aliphatic carbocycles. The van der Waals surface area contributed by atoms with Crippen molar-refractivity contribution in [3.63, 3.8) is 0 Å². The molecular formula is C13H14ClOS2. The fraction of sp³-hybridized carbons (Fsp3) is 0.385. The van der Waals surface area contributed by atoms with Crippen molar-refractivity contribution in [1.29, 1.82) is 0 Å². The van der Waals surface area contributed by atoms with Crippen LogP contribution in [-0.4, -0.2) is 12.5 Å². The summed E-state index contributed by atoms with van der Waals surface area (Å²) in [6.07, 6.45) is 1.87. The highest BCUT2D eigenvalue weighted by Gasteiger charge is 2.15. The highest BCUT2D eigenvalue weighted by molar-refractivity contribution is 7.15. The average molecular weight is 286 g/mol. The van der Waals surface area contributed by atoms with Crippen LogP contribution in [0, 0.1) is 5.38 Å². The summed E-state index contributed by atoms with van der Waals surface area (Å²) in [6, 6.07) is 4.18. The number of hydrogen-bond donors (Lipinski definition) is 0. The quantitative estimate of drug-likeness (QED) is 0.690. The number of hydrogen-bond acceptors (Lipinski definition) is 3. The molecule has 0 unspecified atom stereocenters. The first-order valence-corrected chi connectivity index (χ1v) is 7.85. The summed E-state index contributed by atoms with van der Waals surface area (Å²) < 4.78 is 5.79. The van der Waals surface area contributed by atoms with Crippen LogP contribution >= 0.6 is 34.3 Å². The van der Waals surface area contributed by atoms with Gasteiger partial charge in [0.2, 0.25) is 0 Å². The summed E-state index contributed by atoms with van der Waals surface area (Å²) >= 11 is 9.12. The minimum absolute atomic E-state index is 0.624. The molecule has 91 valence electrons. The second-order valence-corrected chi connectivity index (χ2v) is 5.71. The number of thiophene rings is 2. The van der Waals surface area contributed by atoms with E-state index in [2.05, 4.69) is 29.8 Å². The zero-order chi connectivity index (χ0) is 12.1. The lowest BCUT2D eigenvalue weighted by Crippen LogP contribution is -1.95. The molecule has 0 saturated heterocycles. The SMILES string of the molecule is CCCOc1s[c]c(CCCl)c1-c1cccs1. The van der Waals surface area contributed by atoms with Gasteiger partial charge in [-0.1, -0.05) is 24.3 Å². The van der Waals surface area contributed by atoms with Crippen LogP contribution in [0.4, 0.5) is 0 Å². The lowest BCUT2D eigenvalue weighted by atomic mass is 10.1. The summed E-state index contributed by atoms with van der Waals surface area (Å²) in [5.41, 5.74) is 2.37. The molecule has 2 aromatic rings. The predicted octanol–water partition coefficient (Wildman–Crippen LogP) is 4.85. The molecule has 0 saturated carbocycles. The molecule has 0 atom stereocenters. The van der Waals surface area contributed by atoms with Crippen LogP contribution in [0.3, 0.4) is 0 Å². The molecule has 1 radical (unpaired) electrons. The fourth-order valence-electron chi connectivity index (χ4n) is 1.57. The van der Waals surface area contributed by atoms with Gasteiger partial charge in [0.15, 0.2) is 5.06 Å². The lowest BCUT2D eigenvalue weighted by Gasteiger charge is -2.06. The van der Waals surface area contributed by atoms with E-state index in [1.807, 2.05) is 0 Å². The topological polar surface area (TPSA) is 9.23 Å². The van der Waals surface area contributed by atoms with Gasteiger partial charge in [0.05, 0.1) is 12.0 Å². The van der Waals surface area contributed by atoms with Crippen molar-refractivity contribution in [2.45, 2.75) is 19.8 Å². The minimum Gasteiger partial charge on any atom is -0.483 e. The third-order valence-electron chi connectivity index (χ3n) is 2.32. The number of aryl methyl sites for hydroxylation is 1. The van der Waals surface area contributed by atoms with E-state index in [1.54, 1.807) is 22.7 Å². The first-order chi connectivity index (χ1) is 8.36. The molecule has 4 heteroatoms. The van der Waals surface area contributed by atoms with Gasteiger partial charge in [0, 0.05) is 16.3 Å². The first-order valence-electron chi connectivity index (χ1n) is 5.62. The Morgan fingerprint density at radius 3 is 3.00 bits per heavy atom. The first kappa shape index (κ1) is 12.9. The monoisotopic (exact) mass is 285 g/mol. The Labute approximate surface area is 115 Å². The molecule has 0 spiro atoms. The number of ether oxygens (including phenoxy) is 1. The average Bonchev–Trinajstić information content (AvgIpc) is 2.95. The summed E-state index contributed by atoms with van der Waals surface area (Å²) in [5.74, 6) is 0.624. The van der Waals surface area contributed by atoms with Crippen LogP contribution < -0.4 is 4.74 Å². The minimum atomic E-state index is 0.624. The van der Waals surface area contributed by atoms with Crippen molar-refractivity contribution >= 4 is 34.3 Å². The molecule has 0 aromatic carbocycles. The fourth-order valence-corrected chi connectivity index (χ4v) is 3.52. The maximum absolute atomic E-state index is 5.83. The number of rotatable bonds is 6. The lowest BCUT2D eigenvalue weighted by molar-refractivity contribution is 0.328. The van der Waals surface area contributed by atoms with Gasteiger partial charge in [-0.3, -0.25) is 0 Å². The highest BCUT2D eigenvalue weighted by atomic mass is 35.5. The van der Waals surface area contributed by atoms with E-state index in [1.165, 1.54) is 16.0 Å². The molecule has 2 heterocycles. The maximum atomic E-state index is 5.83. The van der Waals surface area contributed by atoms with Gasteiger partial charge in [-0.15, -0.1) is 22.9 Å². The van der Waals surface area contributed by atoms with E-state index < -0.39 is 0 Å². The van der Waals surface area contributed by atoms with Crippen LogP contribution in [0.2, 0.25) is 0 Å². The molecule has 0 bridgehead atoms. The van der Waals surface area contributed by atoms with Crippen molar-refractivity contribution in [3.8, 4) is 15.5 Å². The van der Waals surface area contributed by atoms with Gasteiger partial charge in [-0.25, -0.2) is 0 Å². The molecule has 0 aliphatic heterocycles. The number of alkyl halides is 1. The van der Waals surface area contributed by atoms with E-state index in [4.69, 9.17) is 16.3 Å². The van der Waals surface area contributed by atoms with Gasteiger partial charge in [-0.05, 0) is 29.9 Å². The van der Waals surface area contributed by atoms with Crippen molar-refractivity contribution in [2.24, 2.45) is 0 Å². The third-order valence-corrected chi connectivity index (χ3v) is 4.25. The van der Waals surface area contributed by atoms with Gasteiger partial charge in [-0.2, -0.15) is 0 Å². The highest BCUT2D eigenvalue weighted by Crippen LogP contribution is 2.41. The molecule has 1 nitrogen and oxygen atoms in total. The second kappa shape index (κ2) is 6.43. The van der Waals surface area contributed by atoms with Crippen LogP contribution in [0.15, 0.2) is 17.5 Å². The smallest absolute Gasteiger partial charge is 0.183 e. The zero-order valence-electron chi connectivity index (χ0n) is 9.66. The van der Waals surface area contributed by atoms with Gasteiger partial charge < -0.3 is 4.74 Å². The van der Waals surface area contributed by atoms with Crippen molar-refractivity contribution in [3.05, 3.63) is 28.5 Å². The Hall–Kier alpha value is -0.510. The molecule has 17 heavy (non-hydrogen) atoms. The molecule has 0 amide bonds. The van der Waals surface area contributed by atoms with E-state index in [-0.39, 0.29) is 0 Å². The Bertz CT molecular complexity index is 448. The molecule has 2 aromatic heterocycles. The summed E-state index contributed by atoms with van der Waals surface area (Å²) in [5, 5.41) is 6.38. The largest absolute Gasteiger partial charge is 0.483 e. The molecule has 2 rings (SSSR count). The van der Waals surface area contributed by atoms with Gasteiger partial charge >= 0.3 is 0 Å². The molecular weight excluding hydrogens is 272 g/mol. The Morgan fingerprint density at radius 1 is 1.47 bits per heavy atom. The van der Waals surface area contributed by atoms with Crippen LogP contribution in [-0.2, 0) is 6.42 Å². The van der Waals surface area contributed by atoms with E-state index in [9.17, 15) is 0 Å². The Morgan fingerprint density at radius 2 is 2.35 bits per heavy atom. The predicted molar refractivity (Wildman–Crippen MR) is 76.7 cm³/mol. The maximum Gasteiger partial charge on any atom is 0.183 e. The Kier molecular flexibility index (Phi) is 4.89. The third kappa shape index (κ3) is 3.03. The normalized spacial score (nSPS) is 10.7. The van der Waals surface area contributed by atoms with Crippen LogP contribution in [0.25, 0.3) is 10.4 Å². The Balaban J connectivity index is 2.33.